The SMILES string of the molecule is CCOc1cc(CNCCCn2ccnc2)cc(Br)c1OCc1ccccc1C. The Balaban J connectivity index is 1.58. The molecule has 1 aromatic heterocycles. The first-order valence-corrected chi connectivity index (χ1v) is 10.8. The summed E-state index contributed by atoms with van der Waals surface area (Å²) >= 11 is 3.67. The zero-order valence-electron chi connectivity index (χ0n) is 17.0. The highest BCUT2D eigenvalue weighted by molar-refractivity contribution is 9.10. The molecule has 0 saturated heterocycles. The summed E-state index contributed by atoms with van der Waals surface area (Å²) < 4.78 is 15.0. The first kappa shape index (κ1) is 21.4. The van der Waals surface area contributed by atoms with Crippen molar-refractivity contribution in [2.24, 2.45) is 0 Å². The van der Waals surface area contributed by atoms with E-state index in [0.717, 1.165) is 47.6 Å². The maximum absolute atomic E-state index is 6.13. The molecule has 0 atom stereocenters. The number of aryl methyl sites for hydroxylation is 2. The van der Waals surface area contributed by atoms with Crippen LogP contribution in [0.15, 0.2) is 59.6 Å². The molecule has 0 aliphatic rings. The Kier molecular flexibility index (Phi) is 8.14. The molecule has 0 fully saturated rings. The van der Waals surface area contributed by atoms with Gasteiger partial charge in [-0.3, -0.25) is 0 Å². The highest BCUT2D eigenvalue weighted by atomic mass is 79.9. The minimum Gasteiger partial charge on any atom is -0.490 e. The summed E-state index contributed by atoms with van der Waals surface area (Å²) in [6, 6.07) is 12.4. The second-order valence-corrected chi connectivity index (χ2v) is 7.74. The molecule has 29 heavy (non-hydrogen) atoms. The van der Waals surface area contributed by atoms with Gasteiger partial charge in [-0.25, -0.2) is 4.98 Å². The van der Waals surface area contributed by atoms with Crippen molar-refractivity contribution < 1.29 is 9.47 Å². The second-order valence-electron chi connectivity index (χ2n) is 6.88. The Morgan fingerprint density at radius 3 is 2.79 bits per heavy atom. The molecule has 0 aliphatic heterocycles. The highest BCUT2D eigenvalue weighted by Crippen LogP contribution is 2.37. The average Bonchev–Trinajstić information content (AvgIpc) is 3.22. The molecule has 0 aliphatic carbocycles. The first-order valence-electron chi connectivity index (χ1n) is 9.96. The van der Waals surface area contributed by atoms with Gasteiger partial charge in [-0.2, -0.15) is 0 Å². The average molecular weight is 458 g/mol. The number of hydrogen-bond acceptors (Lipinski definition) is 4. The van der Waals surface area contributed by atoms with Crippen LogP contribution in [0.2, 0.25) is 0 Å². The Morgan fingerprint density at radius 1 is 1.17 bits per heavy atom. The van der Waals surface area contributed by atoms with Crippen LogP contribution in [-0.4, -0.2) is 22.7 Å². The van der Waals surface area contributed by atoms with Gasteiger partial charge in [0, 0.05) is 25.5 Å². The summed E-state index contributed by atoms with van der Waals surface area (Å²) in [5.74, 6) is 1.52. The van der Waals surface area contributed by atoms with Crippen LogP contribution in [0.1, 0.15) is 30.0 Å². The van der Waals surface area contributed by atoms with E-state index in [1.165, 1.54) is 11.1 Å². The molecule has 154 valence electrons. The Hall–Kier alpha value is -2.31. The third kappa shape index (κ3) is 6.34. The predicted octanol–water partition coefficient (Wildman–Crippen LogP) is 5.11. The Bertz CT molecular complexity index is 897. The van der Waals surface area contributed by atoms with E-state index >= 15 is 0 Å². The number of benzene rings is 2. The second kappa shape index (κ2) is 11.0. The van der Waals surface area contributed by atoms with Crippen molar-refractivity contribution in [3.8, 4) is 11.5 Å². The molecule has 1 N–H and O–H groups in total. The molecule has 5 nitrogen and oxygen atoms in total. The minimum atomic E-state index is 0.511. The molecule has 3 rings (SSSR count). The van der Waals surface area contributed by atoms with E-state index in [9.17, 15) is 0 Å². The quantitative estimate of drug-likeness (QED) is 0.406. The van der Waals surface area contributed by atoms with Gasteiger partial charge < -0.3 is 19.4 Å². The van der Waals surface area contributed by atoms with Crippen molar-refractivity contribution in [3.63, 3.8) is 0 Å². The predicted molar refractivity (Wildman–Crippen MR) is 119 cm³/mol. The maximum atomic E-state index is 6.13. The number of hydrogen-bond donors (Lipinski definition) is 1. The van der Waals surface area contributed by atoms with Crippen LogP contribution in [0, 0.1) is 6.92 Å². The fourth-order valence-corrected chi connectivity index (χ4v) is 3.69. The van der Waals surface area contributed by atoms with Gasteiger partial charge in [0.05, 0.1) is 17.4 Å². The van der Waals surface area contributed by atoms with Gasteiger partial charge in [-0.1, -0.05) is 24.3 Å². The van der Waals surface area contributed by atoms with Crippen LogP contribution in [0.25, 0.3) is 0 Å². The van der Waals surface area contributed by atoms with Gasteiger partial charge in [-0.05, 0) is 71.6 Å². The zero-order valence-corrected chi connectivity index (χ0v) is 18.6. The smallest absolute Gasteiger partial charge is 0.175 e. The van der Waals surface area contributed by atoms with Crippen LogP contribution < -0.4 is 14.8 Å². The topological polar surface area (TPSA) is 48.3 Å². The molecule has 0 saturated carbocycles. The fourth-order valence-electron chi connectivity index (χ4n) is 3.09. The molecule has 0 amide bonds. The number of nitrogens with one attached hydrogen (secondary N) is 1. The molecular formula is C23H28BrN3O2. The summed E-state index contributed by atoms with van der Waals surface area (Å²) in [5, 5.41) is 3.49. The van der Waals surface area contributed by atoms with E-state index in [1.54, 1.807) is 0 Å². The molecule has 0 unspecified atom stereocenters. The van der Waals surface area contributed by atoms with Gasteiger partial charge >= 0.3 is 0 Å². The molecule has 1 heterocycles. The maximum Gasteiger partial charge on any atom is 0.175 e. The molecule has 0 bridgehead atoms. The summed E-state index contributed by atoms with van der Waals surface area (Å²) in [4.78, 5) is 4.06. The minimum absolute atomic E-state index is 0.511. The van der Waals surface area contributed by atoms with E-state index in [2.05, 4.69) is 62.0 Å². The third-order valence-electron chi connectivity index (χ3n) is 4.66. The number of rotatable bonds is 11. The highest BCUT2D eigenvalue weighted by Gasteiger charge is 2.13. The van der Waals surface area contributed by atoms with E-state index in [4.69, 9.17) is 9.47 Å². The molecule has 2 aromatic carbocycles. The van der Waals surface area contributed by atoms with Gasteiger partial charge in [0.15, 0.2) is 11.5 Å². The van der Waals surface area contributed by atoms with E-state index in [-0.39, 0.29) is 0 Å². The zero-order chi connectivity index (χ0) is 20.5. The lowest BCUT2D eigenvalue weighted by Crippen LogP contribution is -2.16. The molecule has 0 radical (unpaired) electrons. The van der Waals surface area contributed by atoms with Crippen molar-refractivity contribution >= 4 is 15.9 Å². The van der Waals surface area contributed by atoms with Crippen molar-refractivity contribution in [3.05, 3.63) is 76.3 Å². The molecular weight excluding hydrogens is 430 g/mol. The third-order valence-corrected chi connectivity index (χ3v) is 5.25. The van der Waals surface area contributed by atoms with Gasteiger partial charge in [0.2, 0.25) is 0 Å². The van der Waals surface area contributed by atoms with Crippen molar-refractivity contribution in [1.82, 2.24) is 14.9 Å². The lowest BCUT2D eigenvalue weighted by molar-refractivity contribution is 0.267. The summed E-state index contributed by atoms with van der Waals surface area (Å²) in [7, 11) is 0. The van der Waals surface area contributed by atoms with Crippen LogP contribution in [-0.2, 0) is 19.7 Å². The van der Waals surface area contributed by atoms with Crippen LogP contribution >= 0.6 is 15.9 Å². The van der Waals surface area contributed by atoms with Crippen molar-refractivity contribution in [2.75, 3.05) is 13.2 Å². The van der Waals surface area contributed by atoms with E-state index in [1.807, 2.05) is 37.8 Å². The Morgan fingerprint density at radius 2 is 2.03 bits per heavy atom. The number of ether oxygens (including phenoxy) is 2. The van der Waals surface area contributed by atoms with Crippen LogP contribution in [0.5, 0.6) is 11.5 Å². The monoisotopic (exact) mass is 457 g/mol. The lowest BCUT2D eigenvalue weighted by atomic mass is 10.1. The van der Waals surface area contributed by atoms with E-state index < -0.39 is 0 Å². The van der Waals surface area contributed by atoms with E-state index in [0.29, 0.717) is 13.2 Å². The number of aromatic nitrogens is 2. The van der Waals surface area contributed by atoms with Gasteiger partial charge in [0.25, 0.3) is 0 Å². The number of halogens is 1. The lowest BCUT2D eigenvalue weighted by Gasteiger charge is -2.16. The number of nitrogens with zero attached hydrogens (tertiary/aromatic N) is 2. The summed E-state index contributed by atoms with van der Waals surface area (Å²) in [6.07, 6.45) is 6.69. The summed E-state index contributed by atoms with van der Waals surface area (Å²) in [5.41, 5.74) is 3.55. The van der Waals surface area contributed by atoms with Crippen LogP contribution in [0.3, 0.4) is 0 Å². The largest absolute Gasteiger partial charge is 0.490 e. The number of imidazole rings is 1. The summed E-state index contributed by atoms with van der Waals surface area (Å²) in [6.45, 7) is 7.86. The fraction of sp³-hybridized carbons (Fsp3) is 0.348. The Labute approximate surface area is 181 Å². The molecule has 0 spiro atoms. The molecule has 3 aromatic rings. The first-order chi connectivity index (χ1) is 14.2. The van der Waals surface area contributed by atoms with Crippen molar-refractivity contribution in [1.29, 1.82) is 0 Å². The van der Waals surface area contributed by atoms with Crippen molar-refractivity contribution in [2.45, 2.75) is 40.0 Å². The van der Waals surface area contributed by atoms with Gasteiger partial charge in [0.1, 0.15) is 6.61 Å². The van der Waals surface area contributed by atoms with Gasteiger partial charge in [-0.15, -0.1) is 0 Å². The normalized spacial score (nSPS) is 10.9. The standard InChI is InChI=1S/C23H28BrN3O2/c1-3-28-22-14-19(15-25-9-6-11-27-12-10-26-17-27)13-21(24)23(22)29-16-20-8-5-4-7-18(20)2/h4-5,7-8,10,12-14,17,25H,3,6,9,11,15-16H2,1-2H3. The van der Waals surface area contributed by atoms with Crippen LogP contribution in [0.4, 0.5) is 0 Å². The molecule has 6 heteroatoms.